The number of Topliss-reactive ketones (excluding diaryl/α,β-unsaturated/α-hetero) is 1. The summed E-state index contributed by atoms with van der Waals surface area (Å²) in [4.78, 5) is 69.7. The molecule has 0 aromatic heterocycles. The smallest absolute Gasteiger partial charge is 0.246 e. The first-order chi connectivity index (χ1) is 22.1. The van der Waals surface area contributed by atoms with E-state index in [0.29, 0.717) is 51.5 Å². The van der Waals surface area contributed by atoms with E-state index in [1.165, 1.54) is 25.7 Å². The Morgan fingerprint density at radius 3 is 2.09 bits per heavy atom. The zero-order chi connectivity index (χ0) is 33.9. The van der Waals surface area contributed by atoms with Crippen LogP contribution in [0.15, 0.2) is 0 Å². The van der Waals surface area contributed by atoms with Crippen molar-refractivity contribution in [2.24, 2.45) is 5.92 Å². The Labute approximate surface area is 278 Å². The molecule has 0 saturated carbocycles. The van der Waals surface area contributed by atoms with Gasteiger partial charge in [0, 0.05) is 19.4 Å². The Hall–Kier alpha value is -2.49. The highest BCUT2D eigenvalue weighted by molar-refractivity contribution is 5.99. The fourth-order valence-electron chi connectivity index (χ4n) is 6.50. The molecule has 10 heteroatoms. The van der Waals surface area contributed by atoms with Crippen molar-refractivity contribution in [1.29, 1.82) is 0 Å². The quantitative estimate of drug-likeness (QED) is 0.135. The maximum absolute atomic E-state index is 13.9. The lowest BCUT2D eigenvalue weighted by molar-refractivity contribution is -0.148. The van der Waals surface area contributed by atoms with Gasteiger partial charge in [0.25, 0.3) is 0 Å². The number of hydrogen-bond acceptors (Lipinski definition) is 6. The number of fused-ring (bicyclic) bond motifs is 1. The average molecular weight is 649 g/mol. The first-order valence-corrected chi connectivity index (χ1v) is 18.5. The van der Waals surface area contributed by atoms with Crippen LogP contribution in [0.1, 0.15) is 156 Å². The van der Waals surface area contributed by atoms with Crippen LogP contribution in [-0.2, 0) is 24.0 Å². The van der Waals surface area contributed by atoms with Crippen molar-refractivity contribution in [3.8, 4) is 0 Å². The molecule has 2 aliphatic heterocycles. The summed E-state index contributed by atoms with van der Waals surface area (Å²) < 4.78 is 0. The highest BCUT2D eigenvalue weighted by Gasteiger charge is 2.41. The molecule has 4 amide bonds. The predicted molar refractivity (Wildman–Crippen MR) is 181 cm³/mol. The molecule has 2 saturated heterocycles. The summed E-state index contributed by atoms with van der Waals surface area (Å²) in [5, 5.41) is 18.5. The van der Waals surface area contributed by atoms with Gasteiger partial charge in [-0.05, 0) is 50.9 Å². The molecule has 2 rings (SSSR count). The minimum atomic E-state index is -1.14. The molecule has 2 aliphatic rings. The normalized spacial score (nSPS) is 24.2. The van der Waals surface area contributed by atoms with Crippen LogP contribution in [0.25, 0.3) is 0 Å². The van der Waals surface area contributed by atoms with Gasteiger partial charge in [-0.1, -0.05) is 98.3 Å². The molecule has 0 aromatic carbocycles. The maximum atomic E-state index is 13.9. The molecule has 0 radical (unpaired) electrons. The van der Waals surface area contributed by atoms with Gasteiger partial charge in [0.15, 0.2) is 0 Å². The molecule has 2 heterocycles. The van der Waals surface area contributed by atoms with Crippen LogP contribution >= 0.6 is 0 Å². The lowest BCUT2D eigenvalue weighted by atomic mass is 9.93. The van der Waals surface area contributed by atoms with Gasteiger partial charge in [-0.15, -0.1) is 0 Å². The van der Waals surface area contributed by atoms with Crippen molar-refractivity contribution in [3.63, 3.8) is 0 Å². The summed E-state index contributed by atoms with van der Waals surface area (Å²) in [7, 11) is 0. The van der Waals surface area contributed by atoms with Crippen LogP contribution < -0.4 is 16.0 Å². The van der Waals surface area contributed by atoms with Gasteiger partial charge in [-0.3, -0.25) is 24.0 Å². The number of carbonyl (C=O) groups is 5. The number of amides is 4. The van der Waals surface area contributed by atoms with E-state index in [0.717, 1.165) is 51.4 Å². The van der Waals surface area contributed by atoms with Gasteiger partial charge in [0.1, 0.15) is 30.0 Å². The second-order valence-electron chi connectivity index (χ2n) is 13.7. The minimum Gasteiger partial charge on any atom is -0.393 e. The third-order valence-corrected chi connectivity index (χ3v) is 9.87. The second kappa shape index (κ2) is 22.1. The van der Waals surface area contributed by atoms with E-state index in [4.69, 9.17) is 0 Å². The molecule has 2 unspecified atom stereocenters. The van der Waals surface area contributed by atoms with Crippen LogP contribution in [0, 0.1) is 5.92 Å². The van der Waals surface area contributed by atoms with E-state index in [1.54, 1.807) is 4.90 Å². The summed E-state index contributed by atoms with van der Waals surface area (Å²) in [6, 6.07) is -3.60. The molecule has 0 aromatic rings. The fraction of sp³-hybridized carbons (Fsp3) is 0.861. The fourth-order valence-corrected chi connectivity index (χ4v) is 6.50. The molecule has 0 bridgehead atoms. The first kappa shape index (κ1) is 39.7. The van der Waals surface area contributed by atoms with E-state index in [-0.39, 0.29) is 36.0 Å². The highest BCUT2D eigenvalue weighted by Crippen LogP contribution is 2.22. The number of rotatable bonds is 20. The summed E-state index contributed by atoms with van der Waals surface area (Å²) in [5.74, 6) is -1.97. The molecular weight excluding hydrogens is 584 g/mol. The molecule has 10 nitrogen and oxygen atoms in total. The number of ketones is 1. The lowest BCUT2D eigenvalue weighted by Crippen LogP contribution is -2.64. The first-order valence-electron chi connectivity index (χ1n) is 18.5. The van der Waals surface area contributed by atoms with Crippen LogP contribution in [0.2, 0.25) is 0 Å². The molecule has 264 valence electrons. The number of nitrogens with zero attached hydrogens (tertiary/aromatic N) is 1. The van der Waals surface area contributed by atoms with Gasteiger partial charge < -0.3 is 26.0 Å². The summed E-state index contributed by atoms with van der Waals surface area (Å²) >= 11 is 0. The zero-order valence-electron chi connectivity index (χ0n) is 29.2. The monoisotopic (exact) mass is 648 g/mol. The van der Waals surface area contributed by atoms with Crippen LogP contribution in [-0.4, -0.2) is 76.2 Å². The number of aliphatic hydroxyl groups is 1. The standard InChI is InChI=1S/C36H64N4O6/c1-5-8-9-10-11-12-13-15-21-28(42)25-30-34(44)39-32(26(4)6-2)36(46)40-24-19-18-23-31(40)35(45)37-29(33(43)38-30)22-17-14-16-20-27(41)7-3/h26-27,29-32,41H,5-25H2,1-4H3,(H,37,45)(H,38,43)(H,39,44)/t26?,27?,29-,30-,31+,32-/m0/s1. The number of piperidine rings is 1. The third kappa shape index (κ3) is 13.7. The Kier molecular flexibility index (Phi) is 19.1. The topological polar surface area (TPSA) is 145 Å². The van der Waals surface area contributed by atoms with Crippen LogP contribution in [0.5, 0.6) is 0 Å². The van der Waals surface area contributed by atoms with E-state index < -0.39 is 36.0 Å². The minimum absolute atomic E-state index is 0.101. The van der Waals surface area contributed by atoms with Crippen molar-refractivity contribution in [3.05, 3.63) is 0 Å². The third-order valence-electron chi connectivity index (χ3n) is 9.87. The van der Waals surface area contributed by atoms with Crippen molar-refractivity contribution in [1.82, 2.24) is 20.9 Å². The van der Waals surface area contributed by atoms with Crippen molar-refractivity contribution in [2.45, 2.75) is 186 Å². The molecule has 0 aliphatic carbocycles. The van der Waals surface area contributed by atoms with Gasteiger partial charge in [0.05, 0.1) is 6.10 Å². The zero-order valence-corrected chi connectivity index (χ0v) is 29.2. The molecule has 4 N–H and O–H groups in total. The molecular formula is C36H64N4O6. The Morgan fingerprint density at radius 1 is 0.783 bits per heavy atom. The molecule has 46 heavy (non-hydrogen) atoms. The Balaban J connectivity index is 2.20. The number of aliphatic hydroxyl groups excluding tert-OH is 1. The highest BCUT2D eigenvalue weighted by atomic mass is 16.3. The van der Waals surface area contributed by atoms with Crippen LogP contribution in [0.4, 0.5) is 0 Å². The second-order valence-corrected chi connectivity index (χ2v) is 13.7. The summed E-state index contributed by atoms with van der Waals surface area (Å²) in [6.07, 6.45) is 15.3. The van der Waals surface area contributed by atoms with E-state index in [2.05, 4.69) is 22.9 Å². The van der Waals surface area contributed by atoms with Gasteiger partial charge >= 0.3 is 0 Å². The largest absolute Gasteiger partial charge is 0.393 e. The van der Waals surface area contributed by atoms with Crippen molar-refractivity contribution in [2.75, 3.05) is 6.54 Å². The average Bonchev–Trinajstić information content (AvgIpc) is 3.05. The SMILES string of the molecule is CCCCCCCCCCC(=O)C[C@@H]1NC(=O)[C@H](CCCCCC(O)CC)NC(=O)[C@H]2CCCCN2C(=O)[C@H](C(C)CC)NC1=O. The number of nitrogens with one attached hydrogen (secondary N) is 3. The summed E-state index contributed by atoms with van der Waals surface area (Å²) in [5.41, 5.74) is 0. The molecule has 0 spiro atoms. The number of carbonyl (C=O) groups excluding carboxylic acids is 5. The van der Waals surface area contributed by atoms with Gasteiger partial charge in [-0.25, -0.2) is 0 Å². The Morgan fingerprint density at radius 2 is 1.41 bits per heavy atom. The van der Waals surface area contributed by atoms with E-state index in [9.17, 15) is 29.1 Å². The Bertz CT molecular complexity index is 959. The van der Waals surface area contributed by atoms with Gasteiger partial charge in [0.2, 0.25) is 23.6 Å². The van der Waals surface area contributed by atoms with Crippen LogP contribution in [0.3, 0.4) is 0 Å². The number of hydrogen-bond donors (Lipinski definition) is 4. The molecule has 2 fully saturated rings. The van der Waals surface area contributed by atoms with Crippen molar-refractivity contribution >= 4 is 29.4 Å². The molecule has 6 atom stereocenters. The summed E-state index contributed by atoms with van der Waals surface area (Å²) in [6.45, 7) is 8.39. The van der Waals surface area contributed by atoms with E-state index in [1.807, 2.05) is 20.8 Å². The lowest BCUT2D eigenvalue weighted by Gasteiger charge is -2.39. The maximum Gasteiger partial charge on any atom is 0.246 e. The van der Waals surface area contributed by atoms with E-state index >= 15 is 0 Å². The van der Waals surface area contributed by atoms with Gasteiger partial charge in [-0.2, -0.15) is 0 Å². The predicted octanol–water partition coefficient (Wildman–Crippen LogP) is 5.09. The van der Waals surface area contributed by atoms with Crippen molar-refractivity contribution < 1.29 is 29.1 Å². The number of unbranched alkanes of at least 4 members (excludes halogenated alkanes) is 9.